The highest BCUT2D eigenvalue weighted by Crippen LogP contribution is 2.42. The molecule has 130 valence electrons. The Labute approximate surface area is 148 Å². The van der Waals surface area contributed by atoms with Crippen molar-refractivity contribution in [2.45, 2.75) is 18.4 Å². The van der Waals surface area contributed by atoms with E-state index in [4.69, 9.17) is 4.74 Å². The van der Waals surface area contributed by atoms with Gasteiger partial charge in [-0.2, -0.15) is 0 Å². The Morgan fingerprint density at radius 1 is 1.20 bits per heavy atom. The summed E-state index contributed by atoms with van der Waals surface area (Å²) in [5.41, 5.74) is 0.611. The van der Waals surface area contributed by atoms with Crippen molar-refractivity contribution in [3.63, 3.8) is 0 Å². The molecule has 2 aliphatic heterocycles. The zero-order valence-corrected chi connectivity index (χ0v) is 14.2. The van der Waals surface area contributed by atoms with Crippen LogP contribution in [0.2, 0.25) is 0 Å². The fourth-order valence-electron chi connectivity index (χ4n) is 3.89. The maximum atomic E-state index is 12.5. The third-order valence-electron chi connectivity index (χ3n) is 5.29. The lowest BCUT2D eigenvalue weighted by Gasteiger charge is -2.50. The van der Waals surface area contributed by atoms with Crippen molar-refractivity contribution in [1.29, 1.82) is 0 Å². The summed E-state index contributed by atoms with van der Waals surface area (Å²) >= 11 is 0. The number of ether oxygens (including phenoxy) is 1. The minimum atomic E-state index is -0.143. The molecule has 1 atom stereocenters. The summed E-state index contributed by atoms with van der Waals surface area (Å²) < 4.78 is 6.07. The van der Waals surface area contributed by atoms with Crippen LogP contribution in [0.3, 0.4) is 0 Å². The lowest BCUT2D eigenvalue weighted by molar-refractivity contribution is -0.117. The minimum absolute atomic E-state index is 0.104. The molecule has 5 nitrogen and oxygen atoms in total. The van der Waals surface area contributed by atoms with Gasteiger partial charge in [-0.05, 0) is 43.0 Å². The molecule has 0 bridgehead atoms. The van der Waals surface area contributed by atoms with Crippen LogP contribution in [-0.4, -0.2) is 47.6 Å². The monoisotopic (exact) mass is 337 g/mol. The average Bonchev–Trinajstić information content (AvgIpc) is 3.05. The zero-order chi connectivity index (χ0) is 17.1. The summed E-state index contributed by atoms with van der Waals surface area (Å²) in [6, 6.07) is 15.4. The summed E-state index contributed by atoms with van der Waals surface area (Å²) in [5, 5.41) is 3.37. The highest BCUT2D eigenvalue weighted by Gasteiger charge is 2.54. The van der Waals surface area contributed by atoms with Gasteiger partial charge < -0.3 is 15.0 Å². The molecule has 3 heterocycles. The van der Waals surface area contributed by atoms with Crippen LogP contribution >= 0.6 is 0 Å². The van der Waals surface area contributed by atoms with E-state index in [9.17, 15) is 4.79 Å². The molecule has 0 radical (unpaired) electrons. The maximum Gasteiger partial charge on any atom is 0.254 e. The van der Waals surface area contributed by atoms with Gasteiger partial charge >= 0.3 is 0 Å². The molecule has 1 aromatic carbocycles. The highest BCUT2D eigenvalue weighted by molar-refractivity contribution is 5.94. The van der Waals surface area contributed by atoms with Crippen molar-refractivity contribution in [3.05, 3.63) is 60.3 Å². The van der Waals surface area contributed by atoms with E-state index in [0.29, 0.717) is 19.0 Å². The van der Waals surface area contributed by atoms with Gasteiger partial charge in [0, 0.05) is 24.9 Å². The smallest absolute Gasteiger partial charge is 0.254 e. The average molecular weight is 337 g/mol. The predicted molar refractivity (Wildman–Crippen MR) is 96.5 cm³/mol. The summed E-state index contributed by atoms with van der Waals surface area (Å²) in [4.78, 5) is 18.7. The fraction of sp³-hybridized carbons (Fsp3) is 0.400. The zero-order valence-electron chi connectivity index (χ0n) is 14.2. The number of amides is 1. The van der Waals surface area contributed by atoms with Crippen molar-refractivity contribution in [1.82, 2.24) is 9.88 Å². The van der Waals surface area contributed by atoms with Crippen LogP contribution in [-0.2, 0) is 4.74 Å². The number of likely N-dealkylation sites (tertiary alicyclic amines) is 1. The number of rotatable bonds is 5. The third kappa shape index (κ3) is 3.24. The first-order valence-electron chi connectivity index (χ1n) is 8.90. The molecule has 1 aromatic heterocycles. The molecule has 5 heteroatoms. The normalized spacial score (nSPS) is 21.1. The number of hydrogen-bond acceptors (Lipinski definition) is 4. The SMILES string of the molecule is O=C(c1ccccc1)N1CC2(C1)OCC[C@H]2CCNc1ccccn1. The van der Waals surface area contributed by atoms with Gasteiger partial charge in [-0.25, -0.2) is 4.98 Å². The molecular weight excluding hydrogens is 314 g/mol. The van der Waals surface area contributed by atoms with Gasteiger partial charge in [0.15, 0.2) is 0 Å². The number of anilines is 1. The van der Waals surface area contributed by atoms with Crippen LogP contribution < -0.4 is 5.32 Å². The number of carbonyl (C=O) groups excluding carboxylic acids is 1. The minimum Gasteiger partial charge on any atom is -0.371 e. The summed E-state index contributed by atoms with van der Waals surface area (Å²) in [7, 11) is 0. The molecule has 0 unspecified atom stereocenters. The van der Waals surface area contributed by atoms with E-state index < -0.39 is 0 Å². The van der Waals surface area contributed by atoms with Crippen LogP contribution in [0.1, 0.15) is 23.2 Å². The summed E-state index contributed by atoms with van der Waals surface area (Å²) in [6.07, 6.45) is 3.89. The van der Waals surface area contributed by atoms with Crippen LogP contribution in [0.4, 0.5) is 5.82 Å². The summed E-state index contributed by atoms with van der Waals surface area (Å²) in [6.45, 7) is 3.07. The van der Waals surface area contributed by atoms with Crippen LogP contribution in [0.25, 0.3) is 0 Å². The van der Waals surface area contributed by atoms with E-state index in [-0.39, 0.29) is 11.5 Å². The van der Waals surface area contributed by atoms with Gasteiger partial charge in [0.05, 0.1) is 13.1 Å². The molecule has 2 aromatic rings. The largest absolute Gasteiger partial charge is 0.371 e. The topological polar surface area (TPSA) is 54.5 Å². The molecule has 2 saturated heterocycles. The van der Waals surface area contributed by atoms with Crippen LogP contribution in [0.5, 0.6) is 0 Å². The second-order valence-electron chi connectivity index (χ2n) is 6.86. The lowest BCUT2D eigenvalue weighted by Crippen LogP contribution is -2.66. The Balaban J connectivity index is 1.31. The Bertz CT molecular complexity index is 714. The number of hydrogen-bond donors (Lipinski definition) is 1. The number of aromatic nitrogens is 1. The predicted octanol–water partition coefficient (Wildman–Crippen LogP) is 2.81. The molecule has 25 heavy (non-hydrogen) atoms. The standard InChI is InChI=1S/C20H23N3O2/c24-19(16-6-2-1-3-7-16)23-14-20(15-23)17(10-13-25-20)9-12-22-18-8-4-5-11-21-18/h1-8,11,17H,9-10,12-15H2,(H,21,22)/t17-/m1/s1. The van der Waals surface area contributed by atoms with Gasteiger partial charge in [-0.3, -0.25) is 4.79 Å². The second-order valence-corrected chi connectivity index (χ2v) is 6.86. The molecule has 2 aliphatic rings. The summed E-state index contributed by atoms with van der Waals surface area (Å²) in [5.74, 6) is 1.50. The fourth-order valence-corrected chi connectivity index (χ4v) is 3.89. The first kappa shape index (κ1) is 16.1. The number of pyridine rings is 1. The molecule has 0 saturated carbocycles. The van der Waals surface area contributed by atoms with E-state index in [1.54, 1.807) is 6.20 Å². The van der Waals surface area contributed by atoms with Crippen molar-refractivity contribution < 1.29 is 9.53 Å². The van der Waals surface area contributed by atoms with Crippen molar-refractivity contribution in [3.8, 4) is 0 Å². The number of benzene rings is 1. The van der Waals surface area contributed by atoms with E-state index >= 15 is 0 Å². The Hall–Kier alpha value is -2.40. The van der Waals surface area contributed by atoms with E-state index in [1.165, 1.54) is 0 Å². The van der Waals surface area contributed by atoms with Crippen molar-refractivity contribution >= 4 is 11.7 Å². The van der Waals surface area contributed by atoms with Gasteiger partial charge in [-0.1, -0.05) is 24.3 Å². The third-order valence-corrected chi connectivity index (χ3v) is 5.29. The van der Waals surface area contributed by atoms with E-state index in [1.807, 2.05) is 53.4 Å². The van der Waals surface area contributed by atoms with E-state index in [0.717, 1.165) is 37.4 Å². The van der Waals surface area contributed by atoms with Gasteiger partial charge in [0.25, 0.3) is 5.91 Å². The molecule has 2 fully saturated rings. The molecule has 0 aliphatic carbocycles. The Kier molecular flexibility index (Phi) is 4.40. The lowest BCUT2D eigenvalue weighted by atomic mass is 9.78. The Morgan fingerprint density at radius 3 is 2.76 bits per heavy atom. The molecule has 1 N–H and O–H groups in total. The van der Waals surface area contributed by atoms with Crippen LogP contribution in [0.15, 0.2) is 54.7 Å². The molecule has 4 rings (SSSR count). The van der Waals surface area contributed by atoms with E-state index in [2.05, 4.69) is 10.3 Å². The van der Waals surface area contributed by atoms with Gasteiger partial charge in [0.2, 0.25) is 0 Å². The first-order chi connectivity index (χ1) is 12.3. The highest BCUT2D eigenvalue weighted by atomic mass is 16.5. The van der Waals surface area contributed by atoms with Crippen LogP contribution in [0, 0.1) is 5.92 Å². The first-order valence-corrected chi connectivity index (χ1v) is 8.90. The van der Waals surface area contributed by atoms with Crippen molar-refractivity contribution in [2.75, 3.05) is 31.6 Å². The van der Waals surface area contributed by atoms with Crippen molar-refractivity contribution in [2.24, 2.45) is 5.92 Å². The molecular formula is C20H23N3O2. The maximum absolute atomic E-state index is 12.5. The van der Waals surface area contributed by atoms with Gasteiger partial charge in [0.1, 0.15) is 11.4 Å². The molecule has 1 amide bonds. The molecule has 1 spiro atoms. The second kappa shape index (κ2) is 6.84. The number of carbonyl (C=O) groups is 1. The number of nitrogens with zero attached hydrogens (tertiary/aromatic N) is 2. The number of nitrogens with one attached hydrogen (secondary N) is 1. The Morgan fingerprint density at radius 2 is 2.00 bits per heavy atom. The van der Waals surface area contributed by atoms with Gasteiger partial charge in [-0.15, -0.1) is 0 Å². The quantitative estimate of drug-likeness (QED) is 0.911.